The van der Waals surface area contributed by atoms with Gasteiger partial charge in [-0.3, -0.25) is 4.79 Å². The molecule has 0 unspecified atom stereocenters. The normalized spacial score (nSPS) is 17.5. The van der Waals surface area contributed by atoms with Gasteiger partial charge in [-0.15, -0.1) is 0 Å². The van der Waals surface area contributed by atoms with Gasteiger partial charge in [0.15, 0.2) is 5.82 Å². The van der Waals surface area contributed by atoms with Crippen molar-refractivity contribution in [2.75, 3.05) is 5.32 Å². The van der Waals surface area contributed by atoms with Gasteiger partial charge in [0.05, 0.1) is 11.1 Å². The molecule has 0 saturated heterocycles. The summed E-state index contributed by atoms with van der Waals surface area (Å²) in [6.45, 7) is 3.68. The van der Waals surface area contributed by atoms with Crippen molar-refractivity contribution in [2.24, 2.45) is 5.73 Å². The lowest BCUT2D eigenvalue weighted by molar-refractivity contribution is -0.119. The minimum atomic E-state index is -0.663. The largest absolute Gasteiger partial charge is 0.326 e. The Bertz CT molecular complexity index is 440. The first-order chi connectivity index (χ1) is 6.98. The fourth-order valence-electron chi connectivity index (χ4n) is 1.81. The Balaban J connectivity index is 2.64. The Morgan fingerprint density at radius 2 is 2.13 bits per heavy atom. The minimum absolute atomic E-state index is 0.134. The lowest BCUT2D eigenvalue weighted by Gasteiger charge is -2.15. The van der Waals surface area contributed by atoms with Crippen LogP contribution in [0.3, 0.4) is 0 Å². The second-order valence-electron chi connectivity index (χ2n) is 4.24. The van der Waals surface area contributed by atoms with Crippen LogP contribution in [0.25, 0.3) is 0 Å². The summed E-state index contributed by atoms with van der Waals surface area (Å²) in [5.74, 6) is -0.584. The molecule has 0 aromatic heterocycles. The monoisotopic (exact) mass is 208 g/mol. The highest BCUT2D eigenvalue weighted by molar-refractivity contribution is 6.05. The SMILES string of the molecule is CC1(C)C(=O)Nc2c1ccc(CN)c2F. The van der Waals surface area contributed by atoms with Crippen molar-refractivity contribution in [3.8, 4) is 0 Å². The summed E-state index contributed by atoms with van der Waals surface area (Å²) in [6.07, 6.45) is 0. The fourth-order valence-corrected chi connectivity index (χ4v) is 1.81. The number of halogens is 1. The molecule has 0 bridgehead atoms. The van der Waals surface area contributed by atoms with E-state index in [-0.39, 0.29) is 18.1 Å². The maximum absolute atomic E-state index is 13.8. The van der Waals surface area contributed by atoms with Crippen molar-refractivity contribution < 1.29 is 9.18 Å². The fraction of sp³-hybridized carbons (Fsp3) is 0.364. The third kappa shape index (κ3) is 1.25. The number of benzene rings is 1. The highest BCUT2D eigenvalue weighted by atomic mass is 19.1. The summed E-state index contributed by atoms with van der Waals surface area (Å²) >= 11 is 0. The van der Waals surface area contributed by atoms with Crippen LogP contribution in [-0.2, 0) is 16.8 Å². The predicted octanol–water partition coefficient (Wildman–Crippen LogP) is 1.51. The average molecular weight is 208 g/mol. The van der Waals surface area contributed by atoms with Gasteiger partial charge < -0.3 is 11.1 Å². The van der Waals surface area contributed by atoms with Gasteiger partial charge in [-0.25, -0.2) is 4.39 Å². The quantitative estimate of drug-likeness (QED) is 0.735. The molecule has 80 valence electrons. The molecule has 1 amide bonds. The smallest absolute Gasteiger partial charge is 0.234 e. The summed E-state index contributed by atoms with van der Waals surface area (Å²) < 4.78 is 13.8. The van der Waals surface area contributed by atoms with E-state index in [1.165, 1.54) is 0 Å². The topological polar surface area (TPSA) is 55.1 Å². The highest BCUT2D eigenvalue weighted by Gasteiger charge is 2.40. The number of carbonyl (C=O) groups is 1. The van der Waals surface area contributed by atoms with Gasteiger partial charge in [-0.05, 0) is 19.4 Å². The third-order valence-corrected chi connectivity index (χ3v) is 2.92. The van der Waals surface area contributed by atoms with Crippen molar-refractivity contribution >= 4 is 11.6 Å². The number of nitrogens with one attached hydrogen (secondary N) is 1. The van der Waals surface area contributed by atoms with Crippen molar-refractivity contribution in [3.05, 3.63) is 29.1 Å². The summed E-state index contributed by atoms with van der Waals surface area (Å²) in [5.41, 5.74) is 6.14. The van der Waals surface area contributed by atoms with E-state index in [4.69, 9.17) is 5.73 Å². The molecule has 3 nitrogen and oxygen atoms in total. The van der Waals surface area contributed by atoms with E-state index in [1.807, 2.05) is 0 Å². The van der Waals surface area contributed by atoms with E-state index in [2.05, 4.69) is 5.32 Å². The Morgan fingerprint density at radius 1 is 1.47 bits per heavy atom. The minimum Gasteiger partial charge on any atom is -0.326 e. The van der Waals surface area contributed by atoms with Gasteiger partial charge in [0, 0.05) is 12.1 Å². The highest BCUT2D eigenvalue weighted by Crippen LogP contribution is 2.39. The first kappa shape index (κ1) is 10.1. The maximum Gasteiger partial charge on any atom is 0.234 e. The number of hydrogen-bond acceptors (Lipinski definition) is 2. The Hall–Kier alpha value is -1.42. The Kier molecular flexibility index (Phi) is 2.04. The first-order valence-electron chi connectivity index (χ1n) is 4.82. The molecule has 4 heteroatoms. The van der Waals surface area contributed by atoms with E-state index in [0.29, 0.717) is 11.1 Å². The molecular formula is C11H13FN2O. The molecule has 3 N–H and O–H groups in total. The van der Waals surface area contributed by atoms with E-state index >= 15 is 0 Å². The van der Waals surface area contributed by atoms with Gasteiger partial charge in [0.25, 0.3) is 0 Å². The molecule has 2 rings (SSSR count). The number of amides is 1. The second-order valence-corrected chi connectivity index (χ2v) is 4.24. The van der Waals surface area contributed by atoms with E-state index < -0.39 is 11.2 Å². The molecule has 0 atom stereocenters. The van der Waals surface area contributed by atoms with Crippen LogP contribution in [0.1, 0.15) is 25.0 Å². The van der Waals surface area contributed by atoms with Crippen molar-refractivity contribution in [2.45, 2.75) is 25.8 Å². The zero-order valence-electron chi connectivity index (χ0n) is 8.73. The van der Waals surface area contributed by atoms with E-state index in [9.17, 15) is 9.18 Å². The predicted molar refractivity (Wildman–Crippen MR) is 55.9 cm³/mol. The number of nitrogens with two attached hydrogens (primary N) is 1. The molecule has 1 aromatic carbocycles. The molecule has 0 aliphatic carbocycles. The molecule has 1 heterocycles. The van der Waals surface area contributed by atoms with Gasteiger partial charge in [0.1, 0.15) is 0 Å². The molecule has 0 fully saturated rings. The average Bonchev–Trinajstić information content (AvgIpc) is 2.41. The number of rotatable bonds is 1. The summed E-state index contributed by atoms with van der Waals surface area (Å²) in [7, 11) is 0. The van der Waals surface area contributed by atoms with Crippen LogP contribution < -0.4 is 11.1 Å². The maximum atomic E-state index is 13.8. The molecule has 1 aromatic rings. The molecule has 1 aliphatic rings. The number of carbonyl (C=O) groups excluding carboxylic acids is 1. The van der Waals surface area contributed by atoms with Crippen LogP contribution in [0.15, 0.2) is 12.1 Å². The Morgan fingerprint density at radius 3 is 2.73 bits per heavy atom. The van der Waals surface area contributed by atoms with Crippen LogP contribution in [0.5, 0.6) is 0 Å². The Labute approximate surface area is 87.5 Å². The van der Waals surface area contributed by atoms with Gasteiger partial charge >= 0.3 is 0 Å². The van der Waals surface area contributed by atoms with Crippen LogP contribution >= 0.6 is 0 Å². The molecule has 15 heavy (non-hydrogen) atoms. The molecular weight excluding hydrogens is 195 g/mol. The number of hydrogen-bond donors (Lipinski definition) is 2. The first-order valence-corrected chi connectivity index (χ1v) is 4.82. The summed E-state index contributed by atoms with van der Waals surface area (Å²) in [6, 6.07) is 3.40. The zero-order valence-corrected chi connectivity index (χ0v) is 8.73. The van der Waals surface area contributed by atoms with Crippen molar-refractivity contribution in [1.82, 2.24) is 0 Å². The molecule has 0 saturated carbocycles. The van der Waals surface area contributed by atoms with Gasteiger partial charge in [-0.1, -0.05) is 12.1 Å². The van der Waals surface area contributed by atoms with Crippen molar-refractivity contribution in [3.63, 3.8) is 0 Å². The van der Waals surface area contributed by atoms with Crippen LogP contribution in [-0.4, -0.2) is 5.91 Å². The molecule has 0 radical (unpaired) electrons. The summed E-state index contributed by atoms with van der Waals surface area (Å²) in [4.78, 5) is 11.6. The number of fused-ring (bicyclic) bond motifs is 1. The van der Waals surface area contributed by atoms with E-state index in [1.54, 1.807) is 26.0 Å². The number of anilines is 1. The lowest BCUT2D eigenvalue weighted by Crippen LogP contribution is -2.26. The van der Waals surface area contributed by atoms with Crippen LogP contribution in [0.2, 0.25) is 0 Å². The van der Waals surface area contributed by atoms with Crippen molar-refractivity contribution in [1.29, 1.82) is 0 Å². The van der Waals surface area contributed by atoms with Crippen LogP contribution in [0.4, 0.5) is 10.1 Å². The zero-order chi connectivity index (χ0) is 11.2. The standard InChI is InChI=1S/C11H13FN2O/c1-11(2)7-4-3-6(5-13)8(12)9(7)14-10(11)15/h3-4H,5,13H2,1-2H3,(H,14,15). The lowest BCUT2D eigenvalue weighted by atomic mass is 9.86. The molecule has 1 aliphatic heterocycles. The third-order valence-electron chi connectivity index (χ3n) is 2.92. The van der Waals surface area contributed by atoms with Crippen LogP contribution in [0, 0.1) is 5.82 Å². The second kappa shape index (κ2) is 3.03. The van der Waals surface area contributed by atoms with Gasteiger partial charge in [0.2, 0.25) is 5.91 Å². The summed E-state index contributed by atoms with van der Waals surface area (Å²) in [5, 5.41) is 2.56. The van der Waals surface area contributed by atoms with E-state index in [0.717, 1.165) is 0 Å². The van der Waals surface area contributed by atoms with Gasteiger partial charge in [-0.2, -0.15) is 0 Å². The molecule has 0 spiro atoms.